The van der Waals surface area contributed by atoms with Crippen molar-refractivity contribution in [2.45, 2.75) is 58.4 Å². The number of nitrogens with two attached hydrogens (primary N) is 1. The van der Waals surface area contributed by atoms with Crippen LogP contribution < -0.4 is 5.73 Å². The van der Waals surface area contributed by atoms with Gasteiger partial charge in [-0.1, -0.05) is 51.3 Å². The van der Waals surface area contributed by atoms with Gasteiger partial charge in [0.1, 0.15) is 5.82 Å². The minimum absolute atomic E-state index is 0.132. The standard InChI is InChI=1S/C17H25ClFN/c1-16(2,3)15-9-4-5-10-17(15,20)11-12-13(18)7-6-8-14(12)19/h6-8,15H,4-5,9-11,20H2,1-3H3. The molecule has 1 aromatic rings. The fourth-order valence-corrected chi connectivity index (χ4v) is 4.03. The van der Waals surface area contributed by atoms with E-state index in [4.69, 9.17) is 17.3 Å². The summed E-state index contributed by atoms with van der Waals surface area (Å²) < 4.78 is 14.1. The minimum Gasteiger partial charge on any atom is -0.325 e. The fraction of sp³-hybridized carbons (Fsp3) is 0.647. The molecule has 1 aromatic carbocycles. The Labute approximate surface area is 126 Å². The van der Waals surface area contributed by atoms with E-state index in [0.717, 1.165) is 19.3 Å². The van der Waals surface area contributed by atoms with Crippen LogP contribution in [0.1, 0.15) is 52.0 Å². The third-order valence-corrected chi connectivity index (χ3v) is 5.05. The molecule has 0 radical (unpaired) electrons. The normalized spacial score (nSPS) is 27.6. The van der Waals surface area contributed by atoms with Crippen LogP contribution >= 0.6 is 11.6 Å². The van der Waals surface area contributed by atoms with Gasteiger partial charge in [-0.05, 0) is 42.7 Å². The SMILES string of the molecule is CC(C)(C)C1CCCCC1(N)Cc1c(F)cccc1Cl. The monoisotopic (exact) mass is 297 g/mol. The number of halogens is 2. The first-order valence-electron chi connectivity index (χ1n) is 7.46. The van der Waals surface area contributed by atoms with Crippen LogP contribution in [0, 0.1) is 17.2 Å². The van der Waals surface area contributed by atoms with E-state index in [9.17, 15) is 4.39 Å². The Balaban J connectivity index is 2.33. The largest absolute Gasteiger partial charge is 0.325 e. The highest BCUT2D eigenvalue weighted by Gasteiger charge is 2.43. The second-order valence-corrected chi connectivity index (χ2v) is 7.68. The van der Waals surface area contributed by atoms with Crippen molar-refractivity contribution >= 4 is 11.6 Å². The van der Waals surface area contributed by atoms with Crippen molar-refractivity contribution in [2.75, 3.05) is 0 Å². The minimum atomic E-state index is -0.359. The summed E-state index contributed by atoms with van der Waals surface area (Å²) in [5.41, 5.74) is 7.08. The lowest BCUT2D eigenvalue weighted by atomic mass is 9.61. The van der Waals surface area contributed by atoms with Gasteiger partial charge in [0.2, 0.25) is 0 Å². The van der Waals surface area contributed by atoms with Gasteiger partial charge in [0, 0.05) is 16.1 Å². The molecule has 2 unspecified atom stereocenters. The highest BCUT2D eigenvalue weighted by atomic mass is 35.5. The zero-order valence-electron chi connectivity index (χ0n) is 12.7. The maximum Gasteiger partial charge on any atom is 0.127 e. The van der Waals surface area contributed by atoms with Gasteiger partial charge in [-0.2, -0.15) is 0 Å². The van der Waals surface area contributed by atoms with Crippen LogP contribution in [0.2, 0.25) is 5.02 Å². The number of rotatable bonds is 2. The van der Waals surface area contributed by atoms with Gasteiger partial charge in [0.05, 0.1) is 0 Å². The number of hydrogen-bond acceptors (Lipinski definition) is 1. The lowest BCUT2D eigenvalue weighted by Crippen LogP contribution is -2.55. The van der Waals surface area contributed by atoms with Crippen molar-refractivity contribution < 1.29 is 4.39 Å². The first-order valence-corrected chi connectivity index (χ1v) is 7.83. The van der Waals surface area contributed by atoms with Crippen LogP contribution in [0.25, 0.3) is 0 Å². The second kappa shape index (κ2) is 5.65. The Morgan fingerprint density at radius 2 is 2.05 bits per heavy atom. The molecule has 2 atom stereocenters. The smallest absolute Gasteiger partial charge is 0.127 e. The van der Waals surface area contributed by atoms with E-state index < -0.39 is 0 Å². The molecule has 3 heteroatoms. The predicted octanol–water partition coefficient (Wildman–Crippen LogP) is 4.96. The summed E-state index contributed by atoms with van der Waals surface area (Å²) in [4.78, 5) is 0. The lowest BCUT2D eigenvalue weighted by Gasteiger charge is -2.48. The van der Waals surface area contributed by atoms with E-state index in [1.54, 1.807) is 12.1 Å². The molecule has 20 heavy (non-hydrogen) atoms. The van der Waals surface area contributed by atoms with Crippen molar-refractivity contribution in [1.82, 2.24) is 0 Å². The van der Waals surface area contributed by atoms with Crippen molar-refractivity contribution in [2.24, 2.45) is 17.1 Å². The Hall–Kier alpha value is -0.600. The Morgan fingerprint density at radius 3 is 2.65 bits per heavy atom. The van der Waals surface area contributed by atoms with E-state index in [1.165, 1.54) is 12.5 Å². The Kier molecular flexibility index (Phi) is 4.46. The highest BCUT2D eigenvalue weighted by molar-refractivity contribution is 6.31. The first kappa shape index (κ1) is 15.8. The molecule has 0 saturated heterocycles. The first-order chi connectivity index (χ1) is 9.24. The second-order valence-electron chi connectivity index (χ2n) is 7.27. The molecule has 0 bridgehead atoms. The fourth-order valence-electron chi connectivity index (χ4n) is 3.80. The van der Waals surface area contributed by atoms with Crippen molar-refractivity contribution in [1.29, 1.82) is 0 Å². The molecule has 2 rings (SSSR count). The van der Waals surface area contributed by atoms with Crippen molar-refractivity contribution in [3.63, 3.8) is 0 Å². The van der Waals surface area contributed by atoms with Gasteiger partial charge in [0.25, 0.3) is 0 Å². The highest BCUT2D eigenvalue weighted by Crippen LogP contribution is 2.45. The third-order valence-electron chi connectivity index (χ3n) is 4.69. The van der Waals surface area contributed by atoms with E-state index in [1.807, 2.05) is 0 Å². The summed E-state index contributed by atoms with van der Waals surface area (Å²) in [7, 11) is 0. The molecular formula is C17H25ClFN. The molecule has 1 fully saturated rings. The molecule has 0 heterocycles. The third kappa shape index (κ3) is 3.17. The van der Waals surface area contributed by atoms with Gasteiger partial charge >= 0.3 is 0 Å². The summed E-state index contributed by atoms with van der Waals surface area (Å²) in [6, 6.07) is 4.87. The van der Waals surface area contributed by atoms with Crippen LogP contribution in [-0.2, 0) is 6.42 Å². The molecule has 0 amide bonds. The van der Waals surface area contributed by atoms with Crippen LogP contribution in [0.5, 0.6) is 0 Å². The van der Waals surface area contributed by atoms with Crippen LogP contribution in [-0.4, -0.2) is 5.54 Å². The molecular weight excluding hydrogens is 273 g/mol. The molecule has 0 spiro atoms. The maximum absolute atomic E-state index is 14.1. The topological polar surface area (TPSA) is 26.0 Å². The molecule has 0 aliphatic heterocycles. The molecule has 1 saturated carbocycles. The maximum atomic E-state index is 14.1. The van der Waals surface area contributed by atoms with E-state index in [-0.39, 0.29) is 16.8 Å². The molecule has 1 aliphatic carbocycles. The zero-order valence-corrected chi connectivity index (χ0v) is 13.4. The van der Waals surface area contributed by atoms with Crippen molar-refractivity contribution in [3.05, 3.63) is 34.6 Å². The summed E-state index contributed by atoms with van der Waals surface area (Å²) >= 11 is 6.18. The molecule has 0 aromatic heterocycles. The molecule has 2 N–H and O–H groups in total. The summed E-state index contributed by atoms with van der Waals surface area (Å²) in [6.45, 7) is 6.69. The van der Waals surface area contributed by atoms with Gasteiger partial charge < -0.3 is 5.73 Å². The number of benzene rings is 1. The number of hydrogen-bond donors (Lipinski definition) is 1. The molecule has 1 aliphatic rings. The lowest BCUT2D eigenvalue weighted by molar-refractivity contribution is 0.0787. The quantitative estimate of drug-likeness (QED) is 0.820. The Bertz CT molecular complexity index is 460. The van der Waals surface area contributed by atoms with Crippen LogP contribution in [0.15, 0.2) is 18.2 Å². The van der Waals surface area contributed by atoms with E-state index in [2.05, 4.69) is 20.8 Å². The van der Waals surface area contributed by atoms with Crippen LogP contribution in [0.3, 0.4) is 0 Å². The zero-order chi connectivity index (χ0) is 15.0. The van der Waals surface area contributed by atoms with Gasteiger partial charge in [0.15, 0.2) is 0 Å². The van der Waals surface area contributed by atoms with Gasteiger partial charge in [-0.3, -0.25) is 0 Å². The molecule has 112 valence electrons. The average Bonchev–Trinajstić information content (AvgIpc) is 2.33. The summed E-state index contributed by atoms with van der Waals surface area (Å²) in [5, 5.41) is 0.494. The molecule has 1 nitrogen and oxygen atoms in total. The summed E-state index contributed by atoms with van der Waals surface area (Å²) in [6.07, 6.45) is 4.92. The predicted molar refractivity (Wildman–Crippen MR) is 83.4 cm³/mol. The average molecular weight is 298 g/mol. The van der Waals surface area contributed by atoms with E-state index >= 15 is 0 Å². The summed E-state index contributed by atoms with van der Waals surface area (Å²) in [5.74, 6) is 0.153. The van der Waals surface area contributed by atoms with Gasteiger partial charge in [-0.25, -0.2) is 4.39 Å². The Morgan fingerprint density at radius 1 is 1.35 bits per heavy atom. The van der Waals surface area contributed by atoms with Crippen molar-refractivity contribution in [3.8, 4) is 0 Å². The van der Waals surface area contributed by atoms with Gasteiger partial charge in [-0.15, -0.1) is 0 Å². The van der Waals surface area contributed by atoms with E-state index in [0.29, 0.717) is 22.9 Å². The van der Waals surface area contributed by atoms with Crippen LogP contribution in [0.4, 0.5) is 4.39 Å².